The van der Waals surface area contributed by atoms with Gasteiger partial charge in [0.05, 0.1) is 18.3 Å². The number of rotatable bonds is 4. The molecule has 3 aromatic rings. The first-order valence-corrected chi connectivity index (χ1v) is 9.15. The van der Waals surface area contributed by atoms with Crippen LogP contribution in [0.4, 0.5) is 5.69 Å². The van der Waals surface area contributed by atoms with E-state index in [9.17, 15) is 9.59 Å². The Morgan fingerprint density at radius 3 is 2.41 bits per heavy atom. The summed E-state index contributed by atoms with van der Waals surface area (Å²) in [7, 11) is 0. The summed E-state index contributed by atoms with van der Waals surface area (Å²) in [5.74, 6) is 0.0831. The number of benzene rings is 2. The van der Waals surface area contributed by atoms with Gasteiger partial charge in [-0.1, -0.05) is 18.2 Å². The number of anilines is 1. The van der Waals surface area contributed by atoms with Crippen molar-refractivity contribution in [2.45, 2.75) is 13.6 Å². The molecule has 1 saturated heterocycles. The second-order valence-electron chi connectivity index (χ2n) is 6.89. The Labute approximate surface area is 157 Å². The highest BCUT2D eigenvalue weighted by molar-refractivity contribution is 5.94. The van der Waals surface area contributed by atoms with Gasteiger partial charge in [-0.25, -0.2) is 4.68 Å². The van der Waals surface area contributed by atoms with E-state index in [4.69, 9.17) is 0 Å². The van der Waals surface area contributed by atoms with Gasteiger partial charge in [0.1, 0.15) is 0 Å². The molecule has 6 heteroatoms. The van der Waals surface area contributed by atoms with Gasteiger partial charge in [0.15, 0.2) is 5.78 Å². The summed E-state index contributed by atoms with van der Waals surface area (Å²) in [5.41, 5.74) is 1.81. The summed E-state index contributed by atoms with van der Waals surface area (Å²) in [6.45, 7) is 5.55. The van der Waals surface area contributed by atoms with Crippen LogP contribution in [0.5, 0.6) is 0 Å². The number of nitrogens with zero attached hydrogens (tertiary/aromatic N) is 4. The molecule has 6 nitrogen and oxygen atoms in total. The quantitative estimate of drug-likeness (QED) is 0.667. The lowest BCUT2D eigenvalue weighted by Crippen LogP contribution is -2.48. The zero-order valence-electron chi connectivity index (χ0n) is 15.3. The van der Waals surface area contributed by atoms with Crippen LogP contribution in [-0.4, -0.2) is 46.6 Å². The zero-order valence-corrected chi connectivity index (χ0v) is 15.3. The molecular weight excluding hydrogens is 340 g/mol. The van der Waals surface area contributed by atoms with Crippen LogP contribution in [0, 0.1) is 0 Å². The molecule has 0 saturated carbocycles. The lowest BCUT2D eigenvalue weighted by Gasteiger charge is -2.36. The van der Waals surface area contributed by atoms with Crippen molar-refractivity contribution in [2.24, 2.45) is 0 Å². The fraction of sp³-hybridized carbons (Fsp3) is 0.286. The predicted molar refractivity (Wildman–Crippen MR) is 106 cm³/mol. The van der Waals surface area contributed by atoms with Crippen molar-refractivity contribution in [2.75, 3.05) is 31.1 Å². The van der Waals surface area contributed by atoms with Gasteiger partial charge < -0.3 is 4.90 Å². The summed E-state index contributed by atoms with van der Waals surface area (Å²) in [6.07, 6.45) is 1.75. The number of Topliss-reactive ketones (excluding diaryl/α,β-unsaturated/α-hetero) is 1. The lowest BCUT2D eigenvalue weighted by molar-refractivity contribution is 0.101. The fourth-order valence-corrected chi connectivity index (χ4v) is 3.47. The van der Waals surface area contributed by atoms with Crippen molar-refractivity contribution in [3.63, 3.8) is 0 Å². The molecule has 0 amide bonds. The molecule has 0 bridgehead atoms. The van der Waals surface area contributed by atoms with E-state index in [1.165, 1.54) is 0 Å². The van der Waals surface area contributed by atoms with E-state index in [2.05, 4.69) is 14.9 Å². The molecule has 0 N–H and O–H groups in total. The molecule has 0 radical (unpaired) electrons. The maximum Gasteiger partial charge on any atom is 0.275 e. The largest absolute Gasteiger partial charge is 0.369 e. The summed E-state index contributed by atoms with van der Waals surface area (Å²) < 4.78 is 1.54. The van der Waals surface area contributed by atoms with Gasteiger partial charge in [-0.2, -0.15) is 5.10 Å². The molecule has 1 aliphatic rings. The van der Waals surface area contributed by atoms with E-state index in [0.717, 1.165) is 42.8 Å². The van der Waals surface area contributed by atoms with Crippen molar-refractivity contribution in [3.05, 3.63) is 70.6 Å². The van der Waals surface area contributed by atoms with Gasteiger partial charge >= 0.3 is 0 Å². The maximum atomic E-state index is 12.6. The number of carbonyl (C=O) groups is 1. The predicted octanol–water partition coefficient (Wildman–Crippen LogP) is 2.38. The van der Waals surface area contributed by atoms with Crippen molar-refractivity contribution >= 4 is 22.2 Å². The van der Waals surface area contributed by atoms with Crippen LogP contribution in [0.2, 0.25) is 0 Å². The highest BCUT2D eigenvalue weighted by atomic mass is 16.1. The highest BCUT2D eigenvalue weighted by Gasteiger charge is 2.18. The van der Waals surface area contributed by atoms with Crippen molar-refractivity contribution < 1.29 is 4.79 Å². The van der Waals surface area contributed by atoms with Gasteiger partial charge in [0, 0.05) is 42.8 Å². The second-order valence-corrected chi connectivity index (χ2v) is 6.89. The highest BCUT2D eigenvalue weighted by Crippen LogP contribution is 2.18. The number of fused-ring (bicyclic) bond motifs is 1. The van der Waals surface area contributed by atoms with Crippen LogP contribution < -0.4 is 10.5 Å². The number of ketones is 1. The molecule has 1 fully saturated rings. The average Bonchev–Trinajstić information content (AvgIpc) is 2.71. The third-order valence-electron chi connectivity index (χ3n) is 5.11. The van der Waals surface area contributed by atoms with E-state index >= 15 is 0 Å². The van der Waals surface area contributed by atoms with Crippen molar-refractivity contribution in [1.29, 1.82) is 0 Å². The first kappa shape index (κ1) is 17.4. The number of carbonyl (C=O) groups excluding carboxylic acids is 1. The lowest BCUT2D eigenvalue weighted by atomic mass is 10.1. The van der Waals surface area contributed by atoms with Crippen LogP contribution in [0.15, 0.2) is 59.5 Å². The number of hydrogen-bond acceptors (Lipinski definition) is 5. The van der Waals surface area contributed by atoms with Crippen LogP contribution in [0.1, 0.15) is 17.3 Å². The van der Waals surface area contributed by atoms with Gasteiger partial charge in [0.2, 0.25) is 0 Å². The Morgan fingerprint density at radius 2 is 1.70 bits per heavy atom. The van der Waals surface area contributed by atoms with Crippen molar-refractivity contribution in [3.8, 4) is 0 Å². The Bertz CT molecular complexity index is 1020. The summed E-state index contributed by atoms with van der Waals surface area (Å²) in [5, 5.41) is 5.90. The van der Waals surface area contributed by atoms with Crippen LogP contribution in [0.3, 0.4) is 0 Å². The molecule has 0 spiro atoms. The molecule has 1 aromatic heterocycles. The zero-order chi connectivity index (χ0) is 18.8. The molecule has 0 aliphatic carbocycles. The molecule has 2 aromatic carbocycles. The Morgan fingerprint density at radius 1 is 1.00 bits per heavy atom. The van der Waals surface area contributed by atoms with E-state index in [1.54, 1.807) is 17.8 Å². The van der Waals surface area contributed by atoms with Crippen molar-refractivity contribution in [1.82, 2.24) is 14.7 Å². The van der Waals surface area contributed by atoms with E-state index in [0.29, 0.717) is 12.1 Å². The van der Waals surface area contributed by atoms with Gasteiger partial charge in [-0.3, -0.25) is 14.5 Å². The molecule has 0 atom stereocenters. The standard InChI is InChI=1S/C21H22N4O2/c1-16(26)17-6-8-19(9-7-17)24-12-10-23(11-13-24)15-25-21(27)20-5-3-2-4-18(20)14-22-25/h2-9,14H,10-13,15H2,1H3. The first-order valence-electron chi connectivity index (χ1n) is 9.15. The third-order valence-corrected chi connectivity index (χ3v) is 5.11. The fourth-order valence-electron chi connectivity index (χ4n) is 3.47. The average molecular weight is 362 g/mol. The molecule has 2 heterocycles. The molecular formula is C21H22N4O2. The normalized spacial score (nSPS) is 15.2. The number of aromatic nitrogens is 2. The monoisotopic (exact) mass is 362 g/mol. The maximum absolute atomic E-state index is 12.6. The van der Waals surface area contributed by atoms with Gasteiger partial charge in [-0.05, 0) is 37.3 Å². The molecule has 27 heavy (non-hydrogen) atoms. The van der Waals surface area contributed by atoms with Crippen LogP contribution in [-0.2, 0) is 6.67 Å². The summed E-state index contributed by atoms with van der Waals surface area (Å²) in [4.78, 5) is 28.6. The van der Waals surface area contributed by atoms with E-state index in [-0.39, 0.29) is 11.3 Å². The smallest absolute Gasteiger partial charge is 0.275 e. The number of piperazine rings is 1. The molecule has 0 unspecified atom stereocenters. The molecule has 1 aliphatic heterocycles. The molecule has 4 rings (SSSR count). The Hall–Kier alpha value is -2.99. The third kappa shape index (κ3) is 3.61. The summed E-state index contributed by atoms with van der Waals surface area (Å²) in [6, 6.07) is 15.3. The number of hydrogen-bond donors (Lipinski definition) is 0. The van der Waals surface area contributed by atoms with Crippen LogP contribution in [0.25, 0.3) is 10.8 Å². The SMILES string of the molecule is CC(=O)c1ccc(N2CCN(Cn3ncc4ccccc4c3=O)CC2)cc1. The topological polar surface area (TPSA) is 58.4 Å². The Balaban J connectivity index is 1.42. The minimum atomic E-state index is -0.0460. The molecule has 138 valence electrons. The van der Waals surface area contributed by atoms with Gasteiger partial charge in [0.25, 0.3) is 5.56 Å². The van der Waals surface area contributed by atoms with E-state index in [1.807, 2.05) is 48.5 Å². The van der Waals surface area contributed by atoms with E-state index < -0.39 is 0 Å². The Kier molecular flexibility index (Phi) is 4.73. The van der Waals surface area contributed by atoms with Crippen LogP contribution >= 0.6 is 0 Å². The minimum absolute atomic E-state index is 0.0460. The second kappa shape index (κ2) is 7.32. The first-order chi connectivity index (χ1) is 13.1. The van der Waals surface area contributed by atoms with Gasteiger partial charge in [-0.15, -0.1) is 0 Å². The minimum Gasteiger partial charge on any atom is -0.369 e. The summed E-state index contributed by atoms with van der Waals surface area (Å²) >= 11 is 0.